The van der Waals surface area contributed by atoms with Crippen LogP contribution in [0.5, 0.6) is 0 Å². The van der Waals surface area contributed by atoms with Crippen molar-refractivity contribution in [2.45, 2.75) is 40.8 Å². The molecule has 4 rings (SSSR count). The van der Waals surface area contributed by atoms with Crippen molar-refractivity contribution >= 4 is 16.2 Å². The molecule has 0 aliphatic rings. The minimum atomic E-state index is -0.812. The summed E-state index contributed by atoms with van der Waals surface area (Å²) in [6.45, 7) is 13.3. The summed E-state index contributed by atoms with van der Waals surface area (Å²) in [6.07, 6.45) is 0. The molecule has 0 aliphatic heterocycles. The molecule has 0 fully saturated rings. The van der Waals surface area contributed by atoms with Crippen molar-refractivity contribution in [3.63, 3.8) is 0 Å². The number of rotatable bonds is 1. The van der Waals surface area contributed by atoms with Crippen molar-refractivity contribution in [2.75, 3.05) is 0 Å². The molecule has 0 bridgehead atoms. The standard InChI is InChI=1S/C15H9F2.C9H13.C2H6Si.Zr/c16-14-7-3-6-13(15(14)17)12-9-8-10-4-1-2-5-11(10)12;1-6-5-7(2)9(4)8(6)3;1-3-2;/h1-9H;5H,1-4H3;1-2H3;/q2*-1;;+2. The fourth-order valence-corrected chi connectivity index (χ4v) is 3.23. The summed E-state index contributed by atoms with van der Waals surface area (Å²) in [5.74, 6) is -1.60. The van der Waals surface area contributed by atoms with Gasteiger partial charge in [-0.2, -0.15) is 28.3 Å². The van der Waals surface area contributed by atoms with Gasteiger partial charge in [0.2, 0.25) is 0 Å². The van der Waals surface area contributed by atoms with E-state index in [0.29, 0.717) is 5.56 Å². The largest absolute Gasteiger partial charge is 0.204 e. The van der Waals surface area contributed by atoms with Gasteiger partial charge in [0.1, 0.15) is 0 Å². The Labute approximate surface area is 194 Å². The van der Waals surface area contributed by atoms with Gasteiger partial charge in [0.25, 0.3) is 0 Å². The predicted molar refractivity (Wildman–Crippen MR) is 123 cm³/mol. The molecule has 4 heteroatoms. The van der Waals surface area contributed by atoms with Gasteiger partial charge in [-0.3, -0.25) is 0 Å². The van der Waals surface area contributed by atoms with Gasteiger partial charge in [-0.1, -0.05) is 45.9 Å². The fourth-order valence-electron chi connectivity index (χ4n) is 3.23. The van der Waals surface area contributed by atoms with Gasteiger partial charge in [0.05, 0.1) is 0 Å². The zero-order valence-corrected chi connectivity index (χ0v) is 22.0. The Balaban J connectivity index is 0.000000207. The Bertz CT molecular complexity index is 1120. The number of hydrogen-bond acceptors (Lipinski definition) is 0. The summed E-state index contributed by atoms with van der Waals surface area (Å²) in [7, 11) is 0. The van der Waals surface area contributed by atoms with E-state index in [4.69, 9.17) is 0 Å². The third-order valence-corrected chi connectivity index (χ3v) is 5.10. The maximum atomic E-state index is 13.7. The van der Waals surface area contributed by atoms with Crippen LogP contribution in [0, 0.1) is 39.3 Å². The van der Waals surface area contributed by atoms with Crippen LogP contribution >= 0.6 is 0 Å². The molecule has 4 aromatic rings. The number of aryl methyl sites for hydroxylation is 2. The van der Waals surface area contributed by atoms with Gasteiger partial charge in [-0.15, -0.1) is 46.7 Å². The average Bonchev–Trinajstić information content (AvgIpc) is 3.21. The quantitative estimate of drug-likeness (QED) is 0.185. The van der Waals surface area contributed by atoms with E-state index in [1.807, 2.05) is 36.4 Å². The van der Waals surface area contributed by atoms with Crippen molar-refractivity contribution < 1.29 is 32.1 Å². The Kier molecular flexibility index (Phi) is 9.12. The summed E-state index contributed by atoms with van der Waals surface area (Å²) in [5, 5.41) is 1.98. The van der Waals surface area contributed by atoms with Gasteiger partial charge in [0.15, 0.2) is 11.6 Å². The van der Waals surface area contributed by atoms with Crippen LogP contribution in [0.3, 0.4) is 0 Å². The first-order valence-electron chi connectivity index (χ1n) is 9.94. The van der Waals surface area contributed by atoms with Crippen LogP contribution in [0.15, 0.2) is 60.7 Å². The average molecular weight is 498 g/mol. The smallest absolute Gasteiger partial charge is 0.158 e. The van der Waals surface area contributed by atoms with Crippen LogP contribution in [-0.2, 0) is 23.3 Å². The van der Waals surface area contributed by atoms with Crippen LogP contribution in [0.2, 0.25) is 13.1 Å². The summed E-state index contributed by atoms with van der Waals surface area (Å²) in [5.41, 5.74) is 7.00. The van der Waals surface area contributed by atoms with Gasteiger partial charge in [0, 0.05) is 0 Å². The molecule has 0 saturated carbocycles. The Morgan fingerprint density at radius 2 is 1.37 bits per heavy atom. The molecular weight excluding hydrogens is 470 g/mol. The summed E-state index contributed by atoms with van der Waals surface area (Å²) in [6, 6.07) is 17.9. The van der Waals surface area contributed by atoms with Crippen molar-refractivity contribution in [1.82, 2.24) is 0 Å². The first kappa shape index (κ1) is 24.6. The van der Waals surface area contributed by atoms with E-state index in [0.717, 1.165) is 22.4 Å². The van der Waals surface area contributed by atoms with Crippen LogP contribution in [0.25, 0.3) is 21.9 Å². The minimum absolute atomic E-state index is 0.210. The third-order valence-electron chi connectivity index (χ3n) is 5.10. The van der Waals surface area contributed by atoms with Gasteiger partial charge >= 0.3 is 41.9 Å². The Hall–Kier alpha value is -1.64. The van der Waals surface area contributed by atoms with E-state index >= 15 is 0 Å². The maximum Gasteiger partial charge on any atom is 0.158 e. The van der Waals surface area contributed by atoms with E-state index in [-0.39, 0.29) is 5.43 Å². The maximum absolute atomic E-state index is 13.7. The zero-order chi connectivity index (χ0) is 22.4. The number of hydrogen-bond donors (Lipinski definition) is 0. The normalized spacial score (nSPS) is 10.2. The van der Waals surface area contributed by atoms with Gasteiger partial charge in [-0.05, 0) is 11.6 Å². The SMILES string of the molecule is C[Si](C)=[Zr+2].Cc1[cH-]c(C)c(C)c1C.Fc1cccc(-c2c[cH-]c3ccccc23)c1F. The van der Waals surface area contributed by atoms with E-state index in [9.17, 15) is 8.78 Å². The molecule has 0 radical (unpaired) electrons. The molecule has 0 N–H and O–H groups in total. The molecule has 0 atom stereocenters. The van der Waals surface area contributed by atoms with Crippen molar-refractivity contribution in [3.8, 4) is 11.1 Å². The third kappa shape index (κ3) is 6.18. The molecule has 154 valence electrons. The van der Waals surface area contributed by atoms with E-state index in [1.165, 1.54) is 28.3 Å². The molecule has 4 aromatic carbocycles. The second-order valence-corrected chi connectivity index (χ2v) is 17.1. The van der Waals surface area contributed by atoms with E-state index in [2.05, 4.69) is 46.9 Å². The molecule has 0 aromatic heterocycles. The molecule has 0 unspecified atom stereocenters. The van der Waals surface area contributed by atoms with Crippen molar-refractivity contribution in [2.24, 2.45) is 0 Å². The second-order valence-electron chi connectivity index (χ2n) is 7.70. The minimum Gasteiger partial charge on any atom is -0.204 e. The predicted octanol–water partition coefficient (Wildman–Crippen LogP) is 7.93. The Morgan fingerprint density at radius 1 is 0.800 bits per heavy atom. The molecule has 0 saturated heterocycles. The molecule has 30 heavy (non-hydrogen) atoms. The van der Waals surface area contributed by atoms with E-state index in [1.54, 1.807) is 29.4 Å². The number of halogens is 2. The Morgan fingerprint density at radius 3 is 1.90 bits per heavy atom. The van der Waals surface area contributed by atoms with Crippen LogP contribution in [0.4, 0.5) is 8.78 Å². The number of benzene rings is 2. The topological polar surface area (TPSA) is 0 Å². The fraction of sp³-hybridized carbons (Fsp3) is 0.231. The van der Waals surface area contributed by atoms with Crippen LogP contribution in [-0.4, -0.2) is 5.43 Å². The summed E-state index contributed by atoms with van der Waals surface area (Å²) in [4.78, 5) is 0. The van der Waals surface area contributed by atoms with Crippen LogP contribution < -0.4 is 0 Å². The number of fused-ring (bicyclic) bond motifs is 1. The van der Waals surface area contributed by atoms with E-state index < -0.39 is 11.6 Å². The summed E-state index contributed by atoms with van der Waals surface area (Å²) >= 11 is 1.74. The molecule has 0 aliphatic carbocycles. The van der Waals surface area contributed by atoms with Crippen molar-refractivity contribution in [1.29, 1.82) is 0 Å². The van der Waals surface area contributed by atoms with Crippen LogP contribution in [0.1, 0.15) is 22.3 Å². The van der Waals surface area contributed by atoms with Gasteiger partial charge < -0.3 is 0 Å². The first-order valence-corrected chi connectivity index (χ1v) is 16.1. The van der Waals surface area contributed by atoms with Crippen molar-refractivity contribution in [3.05, 3.63) is 94.6 Å². The molecular formula is C26H28F2SiZr. The summed E-state index contributed by atoms with van der Waals surface area (Å²) < 4.78 is 26.9. The monoisotopic (exact) mass is 496 g/mol. The second kappa shape index (κ2) is 11.1. The molecule has 0 amide bonds. The zero-order valence-electron chi connectivity index (χ0n) is 18.5. The molecule has 0 nitrogen and oxygen atoms in total. The first-order chi connectivity index (χ1) is 14.1. The van der Waals surface area contributed by atoms with Gasteiger partial charge in [-0.25, -0.2) is 8.78 Å². The molecule has 0 heterocycles. The molecule has 0 spiro atoms.